The predicted molar refractivity (Wildman–Crippen MR) is 213 cm³/mol. The second kappa shape index (κ2) is 19.3. The Hall–Kier alpha value is -4.94. The van der Waals surface area contributed by atoms with Gasteiger partial charge in [-0.25, -0.2) is 9.59 Å². The van der Waals surface area contributed by atoms with Crippen LogP contribution in [0, 0.1) is 0 Å². The van der Waals surface area contributed by atoms with Crippen LogP contribution in [-0.4, -0.2) is 95.5 Å². The van der Waals surface area contributed by atoms with E-state index in [0.29, 0.717) is 52.0 Å². The van der Waals surface area contributed by atoms with E-state index >= 15 is 0 Å². The van der Waals surface area contributed by atoms with Crippen LogP contribution in [0.2, 0.25) is 0 Å². The van der Waals surface area contributed by atoms with Crippen LogP contribution < -0.4 is 10.6 Å². The minimum atomic E-state index is -0.704. The SMILES string of the molecule is CC(C)(C)OC(=O)N1C[C@@H](OCc2ccc(CO[C@H]3C[C@@H](C(=O)NCCc4ccccc4)N(C(=O)OC(C)(C)C)C3)cc2)C[C@H]1C(=O)NCCc1ccccc1. The van der Waals surface area contributed by atoms with Crippen molar-refractivity contribution in [2.75, 3.05) is 26.2 Å². The number of benzene rings is 3. The van der Waals surface area contributed by atoms with Crippen molar-refractivity contribution in [2.45, 2.75) is 116 Å². The first-order valence-electron chi connectivity index (χ1n) is 19.6. The van der Waals surface area contributed by atoms with Crippen LogP contribution in [0.3, 0.4) is 0 Å². The first kappa shape index (κ1) is 42.2. The molecule has 2 aliphatic rings. The van der Waals surface area contributed by atoms with Gasteiger partial charge in [0.2, 0.25) is 11.8 Å². The van der Waals surface area contributed by atoms with Gasteiger partial charge in [0.15, 0.2) is 0 Å². The Bertz CT molecular complexity index is 1610. The van der Waals surface area contributed by atoms with Crippen LogP contribution >= 0.6 is 0 Å². The van der Waals surface area contributed by atoms with Crippen molar-refractivity contribution in [1.82, 2.24) is 20.4 Å². The largest absolute Gasteiger partial charge is 0.444 e. The van der Waals surface area contributed by atoms with Gasteiger partial charge in [-0.05, 0) is 76.6 Å². The molecule has 2 heterocycles. The molecule has 3 aromatic rings. The Morgan fingerprint density at radius 2 is 0.911 bits per heavy atom. The number of carbonyl (C=O) groups excluding carboxylic acids is 4. The summed E-state index contributed by atoms with van der Waals surface area (Å²) in [7, 11) is 0. The van der Waals surface area contributed by atoms with Gasteiger partial charge in [0.1, 0.15) is 23.3 Å². The quantitative estimate of drug-likeness (QED) is 0.198. The van der Waals surface area contributed by atoms with Gasteiger partial charge in [0.05, 0.1) is 38.5 Å². The van der Waals surface area contributed by atoms with Gasteiger partial charge in [0.25, 0.3) is 0 Å². The molecule has 2 aliphatic heterocycles. The molecule has 12 heteroatoms. The minimum Gasteiger partial charge on any atom is -0.444 e. The lowest BCUT2D eigenvalue weighted by Gasteiger charge is -2.28. The lowest BCUT2D eigenvalue weighted by molar-refractivity contribution is -0.126. The highest BCUT2D eigenvalue weighted by Crippen LogP contribution is 2.26. The monoisotopic (exact) mass is 770 g/mol. The molecule has 2 fully saturated rings. The third kappa shape index (κ3) is 13.1. The number of nitrogens with one attached hydrogen (secondary N) is 2. The van der Waals surface area contributed by atoms with Crippen LogP contribution in [0.4, 0.5) is 9.59 Å². The smallest absolute Gasteiger partial charge is 0.411 e. The summed E-state index contributed by atoms with van der Waals surface area (Å²) in [6.07, 6.45) is 0.302. The second-order valence-electron chi connectivity index (χ2n) is 16.5. The van der Waals surface area contributed by atoms with E-state index < -0.39 is 35.5 Å². The van der Waals surface area contributed by atoms with Crippen molar-refractivity contribution in [3.8, 4) is 0 Å². The molecule has 0 unspecified atom stereocenters. The summed E-state index contributed by atoms with van der Waals surface area (Å²) >= 11 is 0. The molecule has 56 heavy (non-hydrogen) atoms. The van der Waals surface area contributed by atoms with E-state index in [1.54, 1.807) is 41.5 Å². The maximum Gasteiger partial charge on any atom is 0.411 e. The summed E-state index contributed by atoms with van der Waals surface area (Å²) in [5, 5.41) is 5.98. The number of likely N-dealkylation sites (tertiary alicyclic amines) is 2. The molecule has 0 bridgehead atoms. The van der Waals surface area contributed by atoms with Crippen LogP contribution in [0.15, 0.2) is 84.9 Å². The van der Waals surface area contributed by atoms with Crippen molar-refractivity contribution in [1.29, 1.82) is 0 Å². The van der Waals surface area contributed by atoms with Crippen LogP contribution in [0.25, 0.3) is 0 Å². The number of nitrogens with zero attached hydrogens (tertiary/aromatic N) is 2. The Morgan fingerprint density at radius 3 is 1.25 bits per heavy atom. The fourth-order valence-electron chi connectivity index (χ4n) is 6.72. The molecule has 4 amide bonds. The third-order valence-electron chi connectivity index (χ3n) is 9.49. The lowest BCUT2D eigenvalue weighted by atomic mass is 10.1. The Balaban J connectivity index is 1.12. The fraction of sp³-hybridized carbons (Fsp3) is 0.500. The standard InChI is InChI=1S/C44H58N4O8/c1-43(2,3)55-41(51)47-27-35(25-37(47)39(49)45-23-21-31-13-9-7-10-14-31)53-29-33-17-19-34(20-18-33)30-54-36-26-38(48(28-36)42(52)56-44(4,5)6)40(50)46-24-22-32-15-11-8-12-16-32/h7-20,35-38H,21-30H2,1-6H3,(H,45,49)(H,46,50)/t35-,36-,37-,38-/m0/s1. The molecule has 2 N–H and O–H groups in total. The molecular weight excluding hydrogens is 713 g/mol. The molecule has 5 rings (SSSR count). The average Bonchev–Trinajstić information content (AvgIpc) is 3.79. The number of carbonyl (C=O) groups is 4. The Morgan fingerprint density at radius 1 is 0.554 bits per heavy atom. The number of hydrogen-bond acceptors (Lipinski definition) is 8. The van der Waals surface area contributed by atoms with Crippen molar-refractivity contribution in [3.63, 3.8) is 0 Å². The molecule has 0 radical (unpaired) electrons. The molecule has 12 nitrogen and oxygen atoms in total. The van der Waals surface area contributed by atoms with Gasteiger partial charge in [-0.2, -0.15) is 0 Å². The topological polar surface area (TPSA) is 136 Å². The summed E-state index contributed by atoms with van der Waals surface area (Å²) in [5.41, 5.74) is 2.69. The van der Waals surface area contributed by atoms with Gasteiger partial charge in [0, 0.05) is 25.9 Å². The Kier molecular flexibility index (Phi) is 14.5. The molecule has 0 aromatic heterocycles. The molecule has 3 aromatic carbocycles. The van der Waals surface area contributed by atoms with Crippen LogP contribution in [0.5, 0.6) is 0 Å². The number of amides is 4. The molecule has 2 saturated heterocycles. The first-order valence-corrected chi connectivity index (χ1v) is 19.6. The molecule has 302 valence electrons. The number of ether oxygens (including phenoxy) is 4. The lowest BCUT2D eigenvalue weighted by Crippen LogP contribution is -2.47. The van der Waals surface area contributed by atoms with Crippen molar-refractivity contribution >= 4 is 24.0 Å². The van der Waals surface area contributed by atoms with E-state index in [0.717, 1.165) is 22.3 Å². The van der Waals surface area contributed by atoms with Gasteiger partial charge >= 0.3 is 12.2 Å². The highest BCUT2D eigenvalue weighted by molar-refractivity contribution is 5.87. The summed E-state index contributed by atoms with van der Waals surface area (Å²) < 4.78 is 23.8. The zero-order valence-electron chi connectivity index (χ0n) is 33.6. The van der Waals surface area contributed by atoms with E-state index in [1.165, 1.54) is 9.80 Å². The first-order chi connectivity index (χ1) is 26.6. The molecule has 0 aliphatic carbocycles. The zero-order valence-corrected chi connectivity index (χ0v) is 33.6. The van der Waals surface area contributed by atoms with Gasteiger partial charge in [-0.15, -0.1) is 0 Å². The average molecular weight is 771 g/mol. The molecular formula is C44H58N4O8. The van der Waals surface area contributed by atoms with E-state index in [4.69, 9.17) is 18.9 Å². The zero-order chi connectivity index (χ0) is 40.3. The van der Waals surface area contributed by atoms with Crippen molar-refractivity contribution < 1.29 is 38.1 Å². The summed E-state index contributed by atoms with van der Waals surface area (Å²) in [5.74, 6) is -0.456. The van der Waals surface area contributed by atoms with Gasteiger partial charge in [-0.1, -0.05) is 84.9 Å². The van der Waals surface area contributed by atoms with E-state index in [1.807, 2.05) is 84.9 Å². The highest BCUT2D eigenvalue weighted by Gasteiger charge is 2.43. The summed E-state index contributed by atoms with van der Waals surface area (Å²) in [6.45, 7) is 12.8. The van der Waals surface area contributed by atoms with Crippen molar-refractivity contribution in [2.24, 2.45) is 0 Å². The third-order valence-corrected chi connectivity index (χ3v) is 9.49. The fourth-order valence-corrected chi connectivity index (χ4v) is 6.72. The van der Waals surface area contributed by atoms with E-state index in [9.17, 15) is 19.2 Å². The second-order valence-corrected chi connectivity index (χ2v) is 16.5. The van der Waals surface area contributed by atoms with Crippen LogP contribution in [-0.2, 0) is 54.6 Å². The molecule has 0 saturated carbocycles. The van der Waals surface area contributed by atoms with E-state index in [2.05, 4.69) is 10.6 Å². The number of rotatable bonds is 14. The normalized spacial score (nSPS) is 19.8. The molecule has 0 spiro atoms. The minimum absolute atomic E-state index is 0.228. The Labute approximate surface area is 331 Å². The van der Waals surface area contributed by atoms with Gasteiger partial charge < -0.3 is 29.6 Å². The van der Waals surface area contributed by atoms with Gasteiger partial charge in [-0.3, -0.25) is 19.4 Å². The predicted octanol–water partition coefficient (Wildman–Crippen LogP) is 6.19. The highest BCUT2D eigenvalue weighted by atomic mass is 16.6. The van der Waals surface area contributed by atoms with E-state index in [-0.39, 0.29) is 37.1 Å². The maximum atomic E-state index is 13.3. The molecule has 4 atom stereocenters. The number of hydrogen-bond donors (Lipinski definition) is 2. The van der Waals surface area contributed by atoms with Crippen LogP contribution in [0.1, 0.15) is 76.6 Å². The summed E-state index contributed by atoms with van der Waals surface area (Å²) in [4.78, 5) is 55.8. The maximum absolute atomic E-state index is 13.3. The summed E-state index contributed by atoms with van der Waals surface area (Å²) in [6, 6.07) is 26.3. The van der Waals surface area contributed by atoms with Crippen molar-refractivity contribution in [3.05, 3.63) is 107 Å².